The van der Waals surface area contributed by atoms with Crippen molar-refractivity contribution in [2.75, 3.05) is 7.11 Å². The monoisotopic (exact) mass is 253 g/mol. The molecule has 0 fully saturated rings. The molecule has 0 aliphatic heterocycles. The van der Waals surface area contributed by atoms with Crippen LogP contribution in [0, 0.1) is 10.1 Å². The Hall–Kier alpha value is -2.44. The van der Waals surface area contributed by atoms with Gasteiger partial charge in [0.25, 0.3) is 5.69 Å². The molecule has 0 atom stereocenters. The third-order valence-corrected chi connectivity index (χ3v) is 2.36. The lowest BCUT2D eigenvalue weighted by atomic mass is 10.0. The molecular formula is C11H11NO6. The van der Waals surface area contributed by atoms with Gasteiger partial charge in [-0.25, -0.2) is 4.79 Å². The minimum atomic E-state index is -1.24. The maximum Gasteiger partial charge on any atom is 0.335 e. The molecule has 1 N–H and O–H groups in total. The number of carbonyl (C=O) groups excluding carboxylic acids is 1. The predicted molar refractivity (Wildman–Crippen MR) is 60.4 cm³/mol. The van der Waals surface area contributed by atoms with Gasteiger partial charge < -0.3 is 9.84 Å². The summed E-state index contributed by atoms with van der Waals surface area (Å²) in [5.74, 6) is -1.72. The summed E-state index contributed by atoms with van der Waals surface area (Å²) in [6.45, 7) is 0. The van der Waals surface area contributed by atoms with Crippen molar-refractivity contribution in [3.05, 3.63) is 39.4 Å². The first-order chi connectivity index (χ1) is 8.45. The average molecular weight is 253 g/mol. The van der Waals surface area contributed by atoms with Gasteiger partial charge in [0.15, 0.2) is 0 Å². The van der Waals surface area contributed by atoms with Gasteiger partial charge in [0.1, 0.15) is 0 Å². The van der Waals surface area contributed by atoms with Gasteiger partial charge in [0.05, 0.1) is 17.6 Å². The second kappa shape index (κ2) is 5.76. The summed E-state index contributed by atoms with van der Waals surface area (Å²) in [5, 5.41) is 19.5. The van der Waals surface area contributed by atoms with E-state index in [-0.39, 0.29) is 24.1 Å². The molecule has 0 saturated carbocycles. The third-order valence-electron chi connectivity index (χ3n) is 2.36. The van der Waals surface area contributed by atoms with E-state index < -0.39 is 16.9 Å². The first-order valence-electron chi connectivity index (χ1n) is 5.03. The lowest BCUT2D eigenvalue weighted by Crippen LogP contribution is -2.05. The van der Waals surface area contributed by atoms with Crippen LogP contribution in [0.2, 0.25) is 0 Å². The zero-order valence-corrected chi connectivity index (χ0v) is 9.58. The number of esters is 1. The minimum absolute atomic E-state index is 0.00373. The van der Waals surface area contributed by atoms with Crippen LogP contribution in [0.5, 0.6) is 0 Å². The number of nitrogens with zero attached hydrogens (tertiary/aromatic N) is 1. The summed E-state index contributed by atoms with van der Waals surface area (Å²) in [6.07, 6.45) is 0.132. The van der Waals surface area contributed by atoms with Crippen LogP contribution in [0.15, 0.2) is 18.2 Å². The smallest absolute Gasteiger partial charge is 0.335 e. The van der Waals surface area contributed by atoms with Gasteiger partial charge >= 0.3 is 11.9 Å². The Labute approximate surface area is 102 Å². The van der Waals surface area contributed by atoms with Crippen molar-refractivity contribution < 1.29 is 24.4 Å². The maximum atomic E-state index is 11.0. The second-order valence-electron chi connectivity index (χ2n) is 3.48. The molecule has 7 nitrogen and oxygen atoms in total. The molecule has 1 rings (SSSR count). The molecule has 1 aromatic rings. The van der Waals surface area contributed by atoms with Crippen LogP contribution in [-0.4, -0.2) is 29.1 Å². The van der Waals surface area contributed by atoms with Gasteiger partial charge in [0.2, 0.25) is 0 Å². The first-order valence-corrected chi connectivity index (χ1v) is 5.03. The molecule has 0 aliphatic rings. The van der Waals surface area contributed by atoms with Crippen molar-refractivity contribution in [1.29, 1.82) is 0 Å². The molecule has 0 spiro atoms. The highest BCUT2D eigenvalue weighted by Gasteiger charge is 2.17. The number of carboxylic acids is 1. The van der Waals surface area contributed by atoms with Gasteiger partial charge in [-0.1, -0.05) is 6.07 Å². The molecule has 96 valence electrons. The number of methoxy groups -OCH3 is 1. The topological polar surface area (TPSA) is 107 Å². The van der Waals surface area contributed by atoms with E-state index in [1.807, 2.05) is 0 Å². The Kier molecular flexibility index (Phi) is 4.36. The molecule has 0 radical (unpaired) electrons. The molecule has 0 aromatic heterocycles. The quantitative estimate of drug-likeness (QED) is 0.482. The van der Waals surface area contributed by atoms with E-state index >= 15 is 0 Å². The molecule has 0 heterocycles. The zero-order chi connectivity index (χ0) is 13.7. The van der Waals surface area contributed by atoms with E-state index in [4.69, 9.17) is 5.11 Å². The van der Waals surface area contributed by atoms with Crippen molar-refractivity contribution in [1.82, 2.24) is 0 Å². The summed E-state index contributed by atoms with van der Waals surface area (Å²) in [5.41, 5.74) is -0.169. The Morgan fingerprint density at radius 2 is 2.11 bits per heavy atom. The van der Waals surface area contributed by atoms with Crippen LogP contribution in [0.25, 0.3) is 0 Å². The number of aryl methyl sites for hydroxylation is 1. The van der Waals surface area contributed by atoms with Crippen LogP contribution in [0.1, 0.15) is 22.3 Å². The van der Waals surface area contributed by atoms with Crippen molar-refractivity contribution in [3.63, 3.8) is 0 Å². The Morgan fingerprint density at radius 3 is 2.61 bits per heavy atom. The summed E-state index contributed by atoms with van der Waals surface area (Å²) in [7, 11) is 1.23. The molecule has 0 bridgehead atoms. The fraction of sp³-hybridized carbons (Fsp3) is 0.273. The second-order valence-corrected chi connectivity index (χ2v) is 3.48. The van der Waals surface area contributed by atoms with Gasteiger partial charge in [-0.05, 0) is 12.5 Å². The number of carbonyl (C=O) groups is 2. The van der Waals surface area contributed by atoms with Crippen LogP contribution in [-0.2, 0) is 16.0 Å². The zero-order valence-electron chi connectivity index (χ0n) is 9.58. The van der Waals surface area contributed by atoms with Crippen molar-refractivity contribution >= 4 is 17.6 Å². The number of nitro benzene ring substituents is 1. The molecule has 0 aliphatic carbocycles. The summed E-state index contributed by atoms with van der Waals surface area (Å²) in [4.78, 5) is 31.8. The highest BCUT2D eigenvalue weighted by atomic mass is 16.6. The molecule has 1 aromatic carbocycles. The number of hydrogen-bond acceptors (Lipinski definition) is 5. The fourth-order valence-electron chi connectivity index (χ4n) is 1.42. The average Bonchev–Trinajstić information content (AvgIpc) is 2.35. The number of nitro groups is 1. The number of hydrogen-bond donors (Lipinski definition) is 1. The summed E-state index contributed by atoms with van der Waals surface area (Å²) >= 11 is 0. The lowest BCUT2D eigenvalue weighted by Gasteiger charge is -2.03. The lowest BCUT2D eigenvalue weighted by molar-refractivity contribution is -0.385. The SMILES string of the molecule is COC(=O)CCc1ccc(C(=O)O)cc1[N+](=O)[O-]. The van der Waals surface area contributed by atoms with Crippen LogP contribution < -0.4 is 0 Å². The number of benzene rings is 1. The van der Waals surface area contributed by atoms with E-state index in [1.165, 1.54) is 19.2 Å². The van der Waals surface area contributed by atoms with Gasteiger partial charge in [-0.3, -0.25) is 14.9 Å². The highest BCUT2D eigenvalue weighted by molar-refractivity contribution is 5.88. The summed E-state index contributed by atoms with van der Waals surface area (Å²) < 4.78 is 4.43. The molecule has 0 unspecified atom stereocenters. The standard InChI is InChI=1S/C11H11NO6/c1-18-10(13)5-4-7-2-3-8(11(14)15)6-9(7)12(16)17/h2-3,6H,4-5H2,1H3,(H,14,15). The largest absolute Gasteiger partial charge is 0.478 e. The normalized spacial score (nSPS) is 9.83. The molecule has 0 amide bonds. The van der Waals surface area contributed by atoms with Crippen molar-refractivity contribution in [2.45, 2.75) is 12.8 Å². The Bertz CT molecular complexity index is 496. The van der Waals surface area contributed by atoms with Crippen LogP contribution >= 0.6 is 0 Å². The predicted octanol–water partition coefficient (Wildman–Crippen LogP) is 1.40. The van der Waals surface area contributed by atoms with Crippen molar-refractivity contribution in [3.8, 4) is 0 Å². The van der Waals surface area contributed by atoms with Gasteiger partial charge in [-0.2, -0.15) is 0 Å². The number of ether oxygens (including phenoxy) is 1. The maximum absolute atomic E-state index is 11.0. The number of rotatable bonds is 5. The van der Waals surface area contributed by atoms with Gasteiger partial charge in [0, 0.05) is 18.1 Å². The minimum Gasteiger partial charge on any atom is -0.478 e. The van der Waals surface area contributed by atoms with Crippen LogP contribution in [0.3, 0.4) is 0 Å². The molecule has 18 heavy (non-hydrogen) atoms. The number of carboxylic acid groups (broad SMARTS) is 1. The first kappa shape index (κ1) is 13.6. The Morgan fingerprint density at radius 1 is 1.44 bits per heavy atom. The molecular weight excluding hydrogens is 242 g/mol. The molecule has 0 saturated heterocycles. The Balaban J connectivity index is 3.00. The van der Waals surface area contributed by atoms with Gasteiger partial charge in [-0.15, -0.1) is 0 Å². The van der Waals surface area contributed by atoms with E-state index in [2.05, 4.69) is 4.74 Å². The molecule has 7 heteroatoms. The van der Waals surface area contributed by atoms with Crippen LogP contribution in [0.4, 0.5) is 5.69 Å². The van der Waals surface area contributed by atoms with E-state index in [1.54, 1.807) is 0 Å². The van der Waals surface area contributed by atoms with Crippen molar-refractivity contribution in [2.24, 2.45) is 0 Å². The fourth-order valence-corrected chi connectivity index (χ4v) is 1.42. The number of aromatic carboxylic acids is 1. The van der Waals surface area contributed by atoms with E-state index in [0.29, 0.717) is 5.56 Å². The highest BCUT2D eigenvalue weighted by Crippen LogP contribution is 2.22. The van der Waals surface area contributed by atoms with E-state index in [0.717, 1.165) is 6.07 Å². The van der Waals surface area contributed by atoms with E-state index in [9.17, 15) is 19.7 Å². The summed E-state index contributed by atoms with van der Waals surface area (Å²) in [6, 6.07) is 3.58. The third kappa shape index (κ3) is 3.27.